The molecule has 1 aromatic carbocycles. The summed E-state index contributed by atoms with van der Waals surface area (Å²) in [6.45, 7) is 6.06. The average Bonchev–Trinajstić information content (AvgIpc) is 2.72. The van der Waals surface area contributed by atoms with Gasteiger partial charge in [0.2, 0.25) is 5.60 Å². The van der Waals surface area contributed by atoms with E-state index in [1.807, 2.05) is 0 Å². The minimum atomic E-state index is -1.82. The first-order valence-electron chi connectivity index (χ1n) is 10.6. The topological polar surface area (TPSA) is 134 Å². The summed E-state index contributed by atoms with van der Waals surface area (Å²) < 4.78 is 10.6. The number of ether oxygens (including phenoxy) is 2. The highest BCUT2D eigenvalue weighted by Crippen LogP contribution is 2.43. The maximum atomic E-state index is 12.9. The van der Waals surface area contributed by atoms with Gasteiger partial charge in [0.15, 0.2) is 5.78 Å². The monoisotopic (exact) mass is 458 g/mol. The molecule has 1 aromatic rings. The average molecular weight is 458 g/mol. The number of nitrogens with one attached hydrogen (secondary N) is 1. The second-order valence-electron chi connectivity index (χ2n) is 8.27. The zero-order valence-electron chi connectivity index (χ0n) is 18.9. The largest absolute Gasteiger partial charge is 0.463 e. The van der Waals surface area contributed by atoms with Crippen LogP contribution in [-0.2, 0) is 24.0 Å². The Bertz CT molecular complexity index is 1070. The Morgan fingerprint density at radius 2 is 2.00 bits per heavy atom. The molecule has 0 aromatic heterocycles. The molecule has 3 rings (SSSR count). The zero-order valence-corrected chi connectivity index (χ0v) is 18.9. The molecular weight excluding hydrogens is 432 g/mol. The highest BCUT2D eigenvalue weighted by atomic mass is 17.0. The van der Waals surface area contributed by atoms with Crippen molar-refractivity contribution in [1.29, 1.82) is 0 Å². The lowest BCUT2D eigenvalue weighted by atomic mass is 9.75. The van der Waals surface area contributed by atoms with Crippen LogP contribution in [-0.4, -0.2) is 35.0 Å². The number of esters is 2. The molecule has 1 aliphatic heterocycles. The predicted octanol–water partition coefficient (Wildman–Crippen LogP) is 3.11. The molecule has 1 atom stereocenters. The third-order valence-electron chi connectivity index (χ3n) is 5.47. The van der Waals surface area contributed by atoms with Crippen molar-refractivity contribution in [2.24, 2.45) is 0 Å². The van der Waals surface area contributed by atoms with Crippen molar-refractivity contribution in [1.82, 2.24) is 5.32 Å². The van der Waals surface area contributed by atoms with Gasteiger partial charge in [0.05, 0.1) is 12.2 Å². The van der Waals surface area contributed by atoms with Gasteiger partial charge >= 0.3 is 11.9 Å². The number of ketones is 1. The molecule has 1 heterocycles. The van der Waals surface area contributed by atoms with Gasteiger partial charge in [-0.05, 0) is 58.2 Å². The molecule has 0 fully saturated rings. The van der Waals surface area contributed by atoms with Gasteiger partial charge < -0.3 is 14.8 Å². The summed E-state index contributed by atoms with van der Waals surface area (Å²) in [5.74, 6) is -2.17. The van der Waals surface area contributed by atoms with Gasteiger partial charge in [0, 0.05) is 29.3 Å². The molecule has 0 saturated carbocycles. The second kappa shape index (κ2) is 9.43. The lowest BCUT2D eigenvalue weighted by Crippen LogP contribution is -2.40. The van der Waals surface area contributed by atoms with Gasteiger partial charge in [0.25, 0.3) is 5.09 Å². The Morgan fingerprint density at radius 3 is 2.67 bits per heavy atom. The lowest BCUT2D eigenvalue weighted by molar-refractivity contribution is -0.774. The summed E-state index contributed by atoms with van der Waals surface area (Å²) >= 11 is 0. The van der Waals surface area contributed by atoms with E-state index in [4.69, 9.17) is 9.47 Å². The molecule has 10 nitrogen and oxygen atoms in total. The van der Waals surface area contributed by atoms with Crippen LogP contribution >= 0.6 is 0 Å². The Morgan fingerprint density at radius 1 is 1.27 bits per heavy atom. The first-order valence-corrected chi connectivity index (χ1v) is 10.6. The molecular formula is C23H26N2O8. The number of dihydropyridines is 1. The van der Waals surface area contributed by atoms with E-state index >= 15 is 0 Å². The second-order valence-corrected chi connectivity index (χ2v) is 8.27. The summed E-state index contributed by atoms with van der Waals surface area (Å²) in [4.78, 5) is 53.3. The van der Waals surface area contributed by atoms with Crippen LogP contribution in [0.2, 0.25) is 0 Å². The number of hydrogen-bond donors (Lipinski definition) is 1. The number of carbonyl (C=O) groups excluding carboxylic acids is 3. The van der Waals surface area contributed by atoms with E-state index in [-0.39, 0.29) is 18.1 Å². The molecule has 0 bridgehead atoms. The van der Waals surface area contributed by atoms with Crippen molar-refractivity contribution < 1.29 is 33.8 Å². The minimum absolute atomic E-state index is 0.0639. The van der Waals surface area contributed by atoms with Gasteiger partial charge in [-0.15, -0.1) is 10.1 Å². The predicted molar refractivity (Wildman–Crippen MR) is 115 cm³/mol. The summed E-state index contributed by atoms with van der Waals surface area (Å²) in [6, 6.07) is 6.39. The zero-order chi connectivity index (χ0) is 24.3. The highest BCUT2D eigenvalue weighted by Gasteiger charge is 2.39. The van der Waals surface area contributed by atoms with Crippen LogP contribution in [0.25, 0.3) is 0 Å². The fraction of sp³-hybridized carbons (Fsp3) is 0.435. The first-order chi connectivity index (χ1) is 15.5. The van der Waals surface area contributed by atoms with Crippen LogP contribution in [0.15, 0.2) is 46.8 Å². The number of Topliss-reactive ketones (excluding diaryl/α,β-unsaturated/α-hetero) is 1. The van der Waals surface area contributed by atoms with Gasteiger partial charge in [-0.2, -0.15) is 0 Å². The van der Waals surface area contributed by atoms with Crippen molar-refractivity contribution in [3.05, 3.63) is 62.5 Å². The fourth-order valence-electron chi connectivity index (χ4n) is 4.01. The van der Waals surface area contributed by atoms with E-state index in [9.17, 15) is 24.5 Å². The van der Waals surface area contributed by atoms with Gasteiger partial charge in [-0.1, -0.05) is 12.1 Å². The van der Waals surface area contributed by atoms with Gasteiger partial charge in [0.1, 0.15) is 5.75 Å². The molecule has 1 unspecified atom stereocenters. The van der Waals surface area contributed by atoms with Crippen LogP contribution in [0.4, 0.5) is 0 Å². The van der Waals surface area contributed by atoms with Gasteiger partial charge in [-0.25, -0.2) is 9.59 Å². The van der Waals surface area contributed by atoms with E-state index in [0.29, 0.717) is 41.7 Å². The van der Waals surface area contributed by atoms with E-state index in [1.54, 1.807) is 26.0 Å². The molecule has 0 radical (unpaired) electrons. The maximum Gasteiger partial charge on any atom is 0.343 e. The fourth-order valence-corrected chi connectivity index (χ4v) is 4.01. The third-order valence-corrected chi connectivity index (χ3v) is 5.47. The minimum Gasteiger partial charge on any atom is -0.463 e. The molecule has 0 saturated heterocycles. The Hall–Kier alpha value is -3.69. The van der Waals surface area contributed by atoms with Crippen molar-refractivity contribution >= 4 is 17.7 Å². The summed E-state index contributed by atoms with van der Waals surface area (Å²) in [5, 5.41) is 12.8. The van der Waals surface area contributed by atoms with Crippen LogP contribution < -0.4 is 10.1 Å². The molecule has 0 spiro atoms. The Labute approximate surface area is 190 Å². The van der Waals surface area contributed by atoms with Crippen LogP contribution in [0, 0.1) is 10.1 Å². The Balaban J connectivity index is 2.02. The smallest absolute Gasteiger partial charge is 0.343 e. The van der Waals surface area contributed by atoms with Crippen LogP contribution in [0.5, 0.6) is 5.75 Å². The summed E-state index contributed by atoms with van der Waals surface area (Å²) in [5.41, 5.74) is 0.900. The van der Waals surface area contributed by atoms with Gasteiger partial charge in [-0.3, -0.25) is 9.63 Å². The van der Waals surface area contributed by atoms with Crippen LogP contribution in [0.3, 0.4) is 0 Å². The number of benzene rings is 1. The maximum absolute atomic E-state index is 12.9. The molecule has 33 heavy (non-hydrogen) atoms. The highest BCUT2D eigenvalue weighted by molar-refractivity contribution is 6.03. The third kappa shape index (κ3) is 5.05. The summed E-state index contributed by atoms with van der Waals surface area (Å²) in [7, 11) is 0. The normalized spacial score (nSPS) is 18.3. The van der Waals surface area contributed by atoms with E-state index < -0.39 is 28.5 Å². The van der Waals surface area contributed by atoms with Crippen molar-refractivity contribution in [3.63, 3.8) is 0 Å². The SMILES string of the molecule is CCOC(=O)C1=C(C)NC2=C(C(=O)CCC2)C1c1cccc(OC(=O)C(C)(C)O[N+](=O)[O-])c1. The quantitative estimate of drug-likeness (QED) is 0.283. The van der Waals surface area contributed by atoms with Crippen molar-refractivity contribution in [2.45, 2.75) is 58.5 Å². The lowest BCUT2D eigenvalue weighted by Gasteiger charge is -2.34. The first kappa shape index (κ1) is 24.0. The van der Waals surface area contributed by atoms with Crippen molar-refractivity contribution in [3.8, 4) is 5.75 Å². The number of hydrogen-bond acceptors (Lipinski definition) is 9. The van der Waals surface area contributed by atoms with E-state index in [0.717, 1.165) is 5.70 Å². The molecule has 1 aliphatic carbocycles. The van der Waals surface area contributed by atoms with E-state index in [2.05, 4.69) is 10.2 Å². The molecule has 176 valence electrons. The molecule has 0 amide bonds. The molecule has 2 aliphatic rings. The van der Waals surface area contributed by atoms with Crippen molar-refractivity contribution in [2.75, 3.05) is 6.61 Å². The molecule has 1 N–H and O–H groups in total. The summed E-state index contributed by atoms with van der Waals surface area (Å²) in [6.07, 6.45) is 1.75. The molecule has 10 heteroatoms. The Kier molecular flexibility index (Phi) is 6.85. The number of rotatable bonds is 7. The van der Waals surface area contributed by atoms with Crippen LogP contribution in [0.1, 0.15) is 58.4 Å². The number of carbonyl (C=O) groups is 3. The number of nitrogens with zero attached hydrogens (tertiary/aromatic N) is 1. The standard InChI is InChI=1S/C23H26N2O8/c1-5-31-21(27)18-13(2)24-16-10-7-11-17(26)20(16)19(18)14-8-6-9-15(12-14)32-22(28)23(3,4)33-25(29)30/h6,8-9,12,19,24H,5,7,10-11H2,1-4H3. The number of allylic oxidation sites excluding steroid dienone is 3. The van der Waals surface area contributed by atoms with E-state index in [1.165, 1.54) is 26.0 Å².